The molecule has 0 radical (unpaired) electrons. The van der Waals surface area contributed by atoms with E-state index in [1.54, 1.807) is 23.1 Å². The number of hydrogen-bond donors (Lipinski definition) is 2. The molecule has 2 N–H and O–H groups in total. The fourth-order valence-corrected chi connectivity index (χ4v) is 4.04. The molecule has 2 heterocycles. The van der Waals surface area contributed by atoms with Gasteiger partial charge in [-0.2, -0.15) is 0 Å². The molecule has 1 unspecified atom stereocenters. The van der Waals surface area contributed by atoms with E-state index in [1.807, 2.05) is 19.9 Å². The molecule has 0 bridgehead atoms. The molecular weight excluding hydrogens is 378 g/mol. The standard InChI is InChI=1S/C19H21N5O3S/c1-10(2)17-22-23-19(28-17)21-14(25)9-20-16(26)15-12-5-3-4-6-13(12)18(27)24(15)11-7-8-11/h3-6,10-11,15H,7-9H2,1-2H3,(H,20,26)(H,21,23,25). The molecule has 146 valence electrons. The van der Waals surface area contributed by atoms with Gasteiger partial charge >= 0.3 is 0 Å². The number of benzene rings is 1. The van der Waals surface area contributed by atoms with Gasteiger partial charge in [0.2, 0.25) is 16.9 Å². The second kappa shape index (κ2) is 7.31. The number of carbonyl (C=O) groups is 3. The number of anilines is 1. The molecule has 9 heteroatoms. The third-order valence-electron chi connectivity index (χ3n) is 4.79. The van der Waals surface area contributed by atoms with Gasteiger partial charge in [-0.3, -0.25) is 19.7 Å². The Balaban J connectivity index is 1.41. The Morgan fingerprint density at radius 3 is 2.68 bits per heavy atom. The summed E-state index contributed by atoms with van der Waals surface area (Å²) in [6.45, 7) is 3.80. The lowest BCUT2D eigenvalue weighted by Gasteiger charge is -2.24. The van der Waals surface area contributed by atoms with E-state index in [0.29, 0.717) is 16.3 Å². The number of aromatic nitrogens is 2. The van der Waals surface area contributed by atoms with Gasteiger partial charge in [-0.25, -0.2) is 0 Å². The first-order valence-corrected chi connectivity index (χ1v) is 10.1. The summed E-state index contributed by atoms with van der Waals surface area (Å²) in [5.41, 5.74) is 1.26. The van der Waals surface area contributed by atoms with Gasteiger partial charge in [0.05, 0.1) is 6.54 Å². The minimum Gasteiger partial charge on any atom is -0.345 e. The molecule has 28 heavy (non-hydrogen) atoms. The van der Waals surface area contributed by atoms with Crippen LogP contribution in [-0.4, -0.2) is 45.4 Å². The number of nitrogens with one attached hydrogen (secondary N) is 2. The van der Waals surface area contributed by atoms with E-state index in [4.69, 9.17) is 0 Å². The lowest BCUT2D eigenvalue weighted by Crippen LogP contribution is -2.42. The van der Waals surface area contributed by atoms with Gasteiger partial charge in [0.25, 0.3) is 5.91 Å². The average molecular weight is 399 g/mol. The van der Waals surface area contributed by atoms with E-state index in [2.05, 4.69) is 20.8 Å². The second-order valence-electron chi connectivity index (χ2n) is 7.30. The first-order chi connectivity index (χ1) is 13.5. The van der Waals surface area contributed by atoms with Crippen LogP contribution in [0.2, 0.25) is 0 Å². The highest BCUT2D eigenvalue weighted by Gasteiger charge is 2.47. The zero-order valence-corrected chi connectivity index (χ0v) is 16.5. The zero-order chi connectivity index (χ0) is 19.8. The molecule has 1 fully saturated rings. The van der Waals surface area contributed by atoms with E-state index < -0.39 is 6.04 Å². The lowest BCUT2D eigenvalue weighted by atomic mass is 10.0. The summed E-state index contributed by atoms with van der Waals surface area (Å²) < 4.78 is 0. The molecule has 1 saturated carbocycles. The Bertz CT molecular complexity index is 937. The summed E-state index contributed by atoms with van der Waals surface area (Å²) >= 11 is 1.31. The maximum absolute atomic E-state index is 12.8. The van der Waals surface area contributed by atoms with Crippen LogP contribution in [0.25, 0.3) is 0 Å². The van der Waals surface area contributed by atoms with Crippen LogP contribution in [0.15, 0.2) is 24.3 Å². The molecule has 2 aromatic rings. The predicted molar refractivity (Wildman–Crippen MR) is 104 cm³/mol. The van der Waals surface area contributed by atoms with Gasteiger partial charge < -0.3 is 10.2 Å². The van der Waals surface area contributed by atoms with Gasteiger partial charge in [0, 0.05) is 17.5 Å². The maximum Gasteiger partial charge on any atom is 0.255 e. The number of hydrogen-bond acceptors (Lipinski definition) is 6. The van der Waals surface area contributed by atoms with Crippen molar-refractivity contribution in [2.75, 3.05) is 11.9 Å². The maximum atomic E-state index is 12.8. The number of amides is 3. The van der Waals surface area contributed by atoms with Crippen LogP contribution < -0.4 is 10.6 Å². The summed E-state index contributed by atoms with van der Waals surface area (Å²) in [4.78, 5) is 39.4. The van der Waals surface area contributed by atoms with Crippen LogP contribution in [-0.2, 0) is 9.59 Å². The highest BCUT2D eigenvalue weighted by molar-refractivity contribution is 7.15. The van der Waals surface area contributed by atoms with Crippen LogP contribution >= 0.6 is 11.3 Å². The number of nitrogens with zero attached hydrogens (tertiary/aromatic N) is 3. The number of fused-ring (bicyclic) bond motifs is 1. The van der Waals surface area contributed by atoms with Gasteiger partial charge in [-0.15, -0.1) is 10.2 Å². The molecule has 1 aromatic carbocycles. The SMILES string of the molecule is CC(C)c1nnc(NC(=O)CNC(=O)C2c3ccccc3C(=O)N2C2CC2)s1. The Morgan fingerprint density at radius 2 is 2.00 bits per heavy atom. The zero-order valence-electron chi connectivity index (χ0n) is 15.6. The minimum atomic E-state index is -0.682. The molecular formula is C19H21N5O3S. The predicted octanol–water partition coefficient (Wildman–Crippen LogP) is 2.08. The minimum absolute atomic E-state index is 0.0975. The van der Waals surface area contributed by atoms with Crippen LogP contribution in [0, 0.1) is 0 Å². The molecule has 3 amide bonds. The van der Waals surface area contributed by atoms with Gasteiger partial charge in [-0.05, 0) is 24.5 Å². The van der Waals surface area contributed by atoms with Crippen molar-refractivity contribution in [2.45, 2.75) is 44.7 Å². The molecule has 1 aromatic heterocycles. The normalized spacial score (nSPS) is 18.3. The molecule has 0 spiro atoms. The first kappa shape index (κ1) is 18.5. The molecule has 1 aliphatic heterocycles. The van der Waals surface area contributed by atoms with E-state index in [9.17, 15) is 14.4 Å². The third kappa shape index (κ3) is 3.49. The highest BCUT2D eigenvalue weighted by atomic mass is 32.1. The van der Waals surface area contributed by atoms with E-state index >= 15 is 0 Å². The van der Waals surface area contributed by atoms with Crippen molar-refractivity contribution in [3.63, 3.8) is 0 Å². The van der Waals surface area contributed by atoms with Crippen molar-refractivity contribution in [3.8, 4) is 0 Å². The largest absolute Gasteiger partial charge is 0.345 e. The second-order valence-corrected chi connectivity index (χ2v) is 8.31. The third-order valence-corrected chi connectivity index (χ3v) is 5.93. The van der Waals surface area contributed by atoms with E-state index in [-0.39, 0.29) is 36.2 Å². The van der Waals surface area contributed by atoms with E-state index in [0.717, 1.165) is 17.8 Å². The summed E-state index contributed by atoms with van der Waals surface area (Å²) in [6.07, 6.45) is 1.80. The number of rotatable bonds is 6. The fraction of sp³-hybridized carbons (Fsp3) is 0.421. The van der Waals surface area contributed by atoms with E-state index in [1.165, 1.54) is 11.3 Å². The van der Waals surface area contributed by atoms with Crippen molar-refractivity contribution in [1.82, 2.24) is 20.4 Å². The first-order valence-electron chi connectivity index (χ1n) is 9.28. The molecule has 0 saturated heterocycles. The average Bonchev–Trinajstić information content (AvgIpc) is 3.33. The van der Waals surface area contributed by atoms with Crippen LogP contribution in [0.5, 0.6) is 0 Å². The van der Waals surface area contributed by atoms with Crippen molar-refractivity contribution >= 4 is 34.2 Å². The van der Waals surface area contributed by atoms with Crippen LogP contribution in [0.1, 0.15) is 59.6 Å². The molecule has 1 atom stereocenters. The lowest BCUT2D eigenvalue weighted by molar-refractivity contribution is -0.127. The molecule has 1 aliphatic carbocycles. The topological polar surface area (TPSA) is 104 Å². The van der Waals surface area contributed by atoms with Gasteiger partial charge in [0.1, 0.15) is 11.0 Å². The van der Waals surface area contributed by atoms with Crippen molar-refractivity contribution in [3.05, 3.63) is 40.4 Å². The molecule has 8 nitrogen and oxygen atoms in total. The monoisotopic (exact) mass is 399 g/mol. The Morgan fingerprint density at radius 1 is 1.25 bits per heavy atom. The van der Waals surface area contributed by atoms with Crippen molar-refractivity contribution in [2.24, 2.45) is 0 Å². The summed E-state index contributed by atoms with van der Waals surface area (Å²) in [7, 11) is 0. The van der Waals surface area contributed by atoms with Crippen LogP contribution in [0.4, 0.5) is 5.13 Å². The van der Waals surface area contributed by atoms with Crippen LogP contribution in [0.3, 0.4) is 0 Å². The molecule has 4 rings (SSSR count). The van der Waals surface area contributed by atoms with Crippen molar-refractivity contribution < 1.29 is 14.4 Å². The molecule has 2 aliphatic rings. The Hall–Kier alpha value is -2.81. The fourth-order valence-electron chi connectivity index (χ4n) is 3.28. The van der Waals surface area contributed by atoms with Gasteiger partial charge in [-0.1, -0.05) is 43.4 Å². The summed E-state index contributed by atoms with van der Waals surface area (Å²) in [6, 6.07) is 6.57. The van der Waals surface area contributed by atoms with Crippen molar-refractivity contribution in [1.29, 1.82) is 0 Å². The summed E-state index contributed by atoms with van der Waals surface area (Å²) in [5, 5.41) is 14.5. The Labute approximate surface area is 166 Å². The number of carbonyl (C=O) groups excluding carboxylic acids is 3. The highest BCUT2D eigenvalue weighted by Crippen LogP contribution is 2.41. The smallest absolute Gasteiger partial charge is 0.255 e. The summed E-state index contributed by atoms with van der Waals surface area (Å²) in [5.74, 6) is -0.607. The quantitative estimate of drug-likeness (QED) is 0.774. The van der Waals surface area contributed by atoms with Gasteiger partial charge in [0.15, 0.2) is 0 Å². The Kier molecular flexibility index (Phi) is 4.84.